The van der Waals surface area contributed by atoms with Gasteiger partial charge >= 0.3 is 5.97 Å². The predicted molar refractivity (Wildman–Crippen MR) is 98.6 cm³/mol. The van der Waals surface area contributed by atoms with Crippen molar-refractivity contribution in [3.05, 3.63) is 65.5 Å². The van der Waals surface area contributed by atoms with E-state index in [-0.39, 0.29) is 5.91 Å². The van der Waals surface area contributed by atoms with Crippen LogP contribution in [0.4, 0.5) is 5.69 Å². The van der Waals surface area contributed by atoms with Crippen molar-refractivity contribution in [2.45, 2.75) is 26.9 Å². The van der Waals surface area contributed by atoms with Crippen molar-refractivity contribution >= 4 is 17.6 Å². The van der Waals surface area contributed by atoms with E-state index >= 15 is 0 Å². The number of hydrogen-bond acceptors (Lipinski definition) is 6. The molecule has 0 saturated heterocycles. The summed E-state index contributed by atoms with van der Waals surface area (Å²) < 4.78 is 6.73. The minimum atomic E-state index is -0.933. The van der Waals surface area contributed by atoms with Gasteiger partial charge in [-0.05, 0) is 67.1 Å². The molecule has 1 aromatic heterocycles. The summed E-state index contributed by atoms with van der Waals surface area (Å²) in [5.41, 5.74) is 3.78. The summed E-state index contributed by atoms with van der Waals surface area (Å²) in [5, 5.41) is 13.7. The van der Waals surface area contributed by atoms with Gasteiger partial charge in [0.2, 0.25) is 0 Å². The van der Waals surface area contributed by atoms with Crippen LogP contribution < -0.4 is 5.32 Å². The summed E-state index contributed by atoms with van der Waals surface area (Å²) in [4.78, 5) is 24.6. The van der Waals surface area contributed by atoms with Crippen LogP contribution in [0.1, 0.15) is 28.4 Å². The van der Waals surface area contributed by atoms with E-state index in [9.17, 15) is 9.59 Å². The molecular formula is C19H19N5O3. The molecule has 2 aromatic carbocycles. The number of anilines is 1. The number of ether oxygens (including phenoxy) is 1. The molecule has 1 amide bonds. The Kier molecular flexibility index (Phi) is 5.25. The second-order valence-corrected chi connectivity index (χ2v) is 6.16. The molecule has 0 fully saturated rings. The fourth-order valence-corrected chi connectivity index (χ4v) is 2.50. The first-order chi connectivity index (χ1) is 12.9. The van der Waals surface area contributed by atoms with Gasteiger partial charge in [0.05, 0.1) is 11.3 Å². The first-order valence-corrected chi connectivity index (χ1v) is 8.36. The minimum Gasteiger partial charge on any atom is -0.449 e. The molecule has 138 valence electrons. The van der Waals surface area contributed by atoms with Crippen LogP contribution in [0.3, 0.4) is 0 Å². The lowest BCUT2D eigenvalue weighted by atomic mass is 10.1. The summed E-state index contributed by atoms with van der Waals surface area (Å²) in [6.07, 6.45) is 0.518. The molecule has 0 aliphatic heterocycles. The number of amides is 1. The van der Waals surface area contributed by atoms with Gasteiger partial charge in [0.1, 0.15) is 6.33 Å². The molecule has 27 heavy (non-hydrogen) atoms. The number of rotatable bonds is 5. The molecule has 0 bridgehead atoms. The third kappa shape index (κ3) is 4.35. The smallest absolute Gasteiger partial charge is 0.338 e. The van der Waals surface area contributed by atoms with Gasteiger partial charge in [0.25, 0.3) is 5.91 Å². The third-order valence-corrected chi connectivity index (χ3v) is 4.01. The Labute approximate surface area is 156 Å². The van der Waals surface area contributed by atoms with Crippen LogP contribution in [0.15, 0.2) is 48.8 Å². The number of aryl methyl sites for hydroxylation is 2. The van der Waals surface area contributed by atoms with Crippen molar-refractivity contribution in [2.75, 3.05) is 5.32 Å². The fraction of sp³-hybridized carbons (Fsp3) is 0.211. The Bertz CT molecular complexity index is 952. The maximum atomic E-state index is 12.3. The van der Waals surface area contributed by atoms with E-state index < -0.39 is 12.1 Å². The highest BCUT2D eigenvalue weighted by molar-refractivity contribution is 5.97. The van der Waals surface area contributed by atoms with E-state index in [2.05, 4.69) is 20.8 Å². The molecule has 0 spiro atoms. The molecule has 3 aromatic rings. The minimum absolute atomic E-state index is 0.331. The number of carbonyl (C=O) groups is 2. The lowest BCUT2D eigenvalue weighted by Gasteiger charge is -2.15. The summed E-state index contributed by atoms with van der Waals surface area (Å²) in [5.74, 6) is -0.970. The molecule has 0 radical (unpaired) electrons. The van der Waals surface area contributed by atoms with Gasteiger partial charge in [-0.3, -0.25) is 4.79 Å². The first-order valence-electron chi connectivity index (χ1n) is 8.36. The van der Waals surface area contributed by atoms with E-state index in [1.54, 1.807) is 24.3 Å². The molecule has 0 aliphatic carbocycles. The average Bonchev–Trinajstić information content (AvgIpc) is 3.18. The van der Waals surface area contributed by atoms with Gasteiger partial charge < -0.3 is 10.1 Å². The molecule has 8 heteroatoms. The average molecular weight is 365 g/mol. The summed E-state index contributed by atoms with van der Waals surface area (Å²) in [7, 11) is 0. The van der Waals surface area contributed by atoms with Crippen LogP contribution in [-0.4, -0.2) is 38.2 Å². The normalized spacial score (nSPS) is 11.7. The maximum Gasteiger partial charge on any atom is 0.338 e. The van der Waals surface area contributed by atoms with Crippen molar-refractivity contribution in [1.82, 2.24) is 20.2 Å². The van der Waals surface area contributed by atoms with Crippen molar-refractivity contribution in [3.63, 3.8) is 0 Å². The van der Waals surface area contributed by atoms with Crippen LogP contribution in [0.2, 0.25) is 0 Å². The second kappa shape index (κ2) is 7.77. The van der Waals surface area contributed by atoms with Gasteiger partial charge in [0, 0.05) is 5.69 Å². The second-order valence-electron chi connectivity index (χ2n) is 6.16. The topological polar surface area (TPSA) is 99.0 Å². The molecule has 1 atom stereocenters. The molecule has 0 unspecified atom stereocenters. The quantitative estimate of drug-likeness (QED) is 0.697. The number of benzene rings is 2. The van der Waals surface area contributed by atoms with Crippen LogP contribution in [-0.2, 0) is 9.53 Å². The van der Waals surface area contributed by atoms with Gasteiger partial charge in [-0.1, -0.05) is 17.7 Å². The highest BCUT2D eigenvalue weighted by atomic mass is 16.5. The number of aromatic nitrogens is 4. The number of tetrazole rings is 1. The fourth-order valence-electron chi connectivity index (χ4n) is 2.50. The van der Waals surface area contributed by atoms with E-state index in [4.69, 9.17) is 4.74 Å². The summed E-state index contributed by atoms with van der Waals surface area (Å²) in [6, 6.07) is 12.3. The van der Waals surface area contributed by atoms with Gasteiger partial charge in [0.15, 0.2) is 6.10 Å². The zero-order valence-electron chi connectivity index (χ0n) is 15.2. The Balaban J connectivity index is 1.62. The summed E-state index contributed by atoms with van der Waals surface area (Å²) >= 11 is 0. The molecule has 1 N–H and O–H groups in total. The SMILES string of the molecule is Cc1ccc(NC(=O)[C@@H](C)OC(=O)c2ccc(-n3cnnn3)cc2)c(C)c1. The standard InChI is InChI=1S/C19H19N5O3/c1-12-4-9-17(13(2)10-12)21-18(25)14(3)27-19(26)15-5-7-16(8-6-15)24-11-20-22-23-24/h4-11,14H,1-3H3,(H,21,25)/t14-/m1/s1. The molecule has 1 heterocycles. The van der Waals surface area contributed by atoms with Crippen LogP contribution >= 0.6 is 0 Å². The molecular weight excluding hydrogens is 346 g/mol. The number of nitrogens with zero attached hydrogens (tertiary/aromatic N) is 4. The van der Waals surface area contributed by atoms with E-state index in [0.29, 0.717) is 16.9 Å². The Morgan fingerprint density at radius 1 is 1.11 bits per heavy atom. The Morgan fingerprint density at radius 3 is 2.48 bits per heavy atom. The zero-order valence-corrected chi connectivity index (χ0v) is 15.2. The monoisotopic (exact) mass is 365 g/mol. The van der Waals surface area contributed by atoms with Crippen LogP contribution in [0.25, 0.3) is 5.69 Å². The van der Waals surface area contributed by atoms with Crippen LogP contribution in [0.5, 0.6) is 0 Å². The number of nitrogens with one attached hydrogen (secondary N) is 1. The van der Waals surface area contributed by atoms with Gasteiger partial charge in [-0.15, -0.1) is 5.10 Å². The van der Waals surface area contributed by atoms with Crippen molar-refractivity contribution in [2.24, 2.45) is 0 Å². The molecule has 3 rings (SSSR count). The summed E-state index contributed by atoms with van der Waals surface area (Å²) in [6.45, 7) is 5.42. The first kappa shape index (κ1) is 18.2. The van der Waals surface area contributed by atoms with Crippen LogP contribution in [0, 0.1) is 13.8 Å². The zero-order chi connectivity index (χ0) is 19.4. The van der Waals surface area contributed by atoms with Crippen molar-refractivity contribution in [3.8, 4) is 5.69 Å². The van der Waals surface area contributed by atoms with E-state index in [1.807, 2.05) is 32.0 Å². The van der Waals surface area contributed by atoms with E-state index in [1.165, 1.54) is 17.9 Å². The Morgan fingerprint density at radius 2 is 1.85 bits per heavy atom. The number of hydrogen-bond donors (Lipinski definition) is 1. The number of carbonyl (C=O) groups excluding carboxylic acids is 2. The predicted octanol–water partition coefficient (Wildman–Crippen LogP) is 2.46. The lowest BCUT2D eigenvalue weighted by molar-refractivity contribution is -0.123. The van der Waals surface area contributed by atoms with Crippen molar-refractivity contribution < 1.29 is 14.3 Å². The number of esters is 1. The molecule has 0 saturated carbocycles. The third-order valence-electron chi connectivity index (χ3n) is 4.01. The van der Waals surface area contributed by atoms with Crippen molar-refractivity contribution in [1.29, 1.82) is 0 Å². The largest absolute Gasteiger partial charge is 0.449 e. The maximum absolute atomic E-state index is 12.3. The lowest BCUT2D eigenvalue weighted by Crippen LogP contribution is -2.30. The van der Waals surface area contributed by atoms with E-state index in [0.717, 1.165) is 11.1 Å². The molecule has 0 aliphatic rings. The van der Waals surface area contributed by atoms with Gasteiger partial charge in [-0.2, -0.15) is 0 Å². The molecule has 8 nitrogen and oxygen atoms in total. The van der Waals surface area contributed by atoms with Gasteiger partial charge in [-0.25, -0.2) is 9.48 Å². The Hall–Kier alpha value is -3.55. The highest BCUT2D eigenvalue weighted by Crippen LogP contribution is 2.17. The highest BCUT2D eigenvalue weighted by Gasteiger charge is 2.19.